The molecule has 0 bridgehead atoms. The van der Waals surface area contributed by atoms with Gasteiger partial charge in [-0.1, -0.05) is 30.9 Å². The van der Waals surface area contributed by atoms with Gasteiger partial charge in [0, 0.05) is 10.6 Å². The number of carbonyl (C=O) groups is 2. The smallest absolute Gasteiger partial charge is 0.329 e. The van der Waals surface area contributed by atoms with Crippen molar-refractivity contribution < 1.29 is 14.7 Å². The molecule has 0 unspecified atom stereocenters. The summed E-state index contributed by atoms with van der Waals surface area (Å²) in [7, 11) is 0. The summed E-state index contributed by atoms with van der Waals surface area (Å²) in [6.45, 7) is 1.81. The minimum atomic E-state index is -1.12. The Balaban J connectivity index is 2.20. The number of carboxylic acid groups (broad SMARTS) is 1. The number of nitrogens with one attached hydrogen (secondary N) is 1. The molecule has 1 aliphatic rings. The average Bonchev–Trinajstić information content (AvgIpc) is 2.42. The van der Waals surface area contributed by atoms with Crippen LogP contribution in [-0.4, -0.2) is 22.5 Å². The summed E-state index contributed by atoms with van der Waals surface area (Å²) in [6, 6.07) is 4.94. The molecule has 1 amide bonds. The first kappa shape index (κ1) is 14.9. The number of hydrogen-bond acceptors (Lipinski definition) is 2. The van der Waals surface area contributed by atoms with Gasteiger partial charge in [-0.05, 0) is 43.5 Å². The van der Waals surface area contributed by atoms with Gasteiger partial charge >= 0.3 is 5.97 Å². The van der Waals surface area contributed by atoms with Crippen LogP contribution in [0.1, 0.15) is 48.0 Å². The van der Waals surface area contributed by atoms with Gasteiger partial charge in [0.05, 0.1) is 0 Å². The molecule has 2 N–H and O–H groups in total. The summed E-state index contributed by atoms with van der Waals surface area (Å²) in [6.07, 6.45) is 3.64. The van der Waals surface area contributed by atoms with Crippen molar-refractivity contribution in [1.29, 1.82) is 0 Å². The predicted molar refractivity (Wildman–Crippen MR) is 77.1 cm³/mol. The zero-order valence-electron chi connectivity index (χ0n) is 11.4. The highest BCUT2D eigenvalue weighted by Gasteiger charge is 2.41. The molecule has 0 atom stereocenters. The quantitative estimate of drug-likeness (QED) is 0.900. The fraction of sp³-hybridized carbons (Fsp3) is 0.467. The molecule has 4 nitrogen and oxygen atoms in total. The second kappa shape index (κ2) is 5.83. The zero-order valence-corrected chi connectivity index (χ0v) is 12.2. The van der Waals surface area contributed by atoms with E-state index in [1.165, 1.54) is 0 Å². The van der Waals surface area contributed by atoms with Crippen LogP contribution in [0.3, 0.4) is 0 Å². The number of aryl methyl sites for hydroxylation is 1. The minimum Gasteiger partial charge on any atom is -0.480 e. The molecule has 20 heavy (non-hydrogen) atoms. The van der Waals surface area contributed by atoms with E-state index in [9.17, 15) is 14.7 Å². The molecule has 1 fully saturated rings. The Kier molecular flexibility index (Phi) is 4.33. The van der Waals surface area contributed by atoms with Crippen LogP contribution in [0.25, 0.3) is 0 Å². The van der Waals surface area contributed by atoms with E-state index in [1.54, 1.807) is 18.2 Å². The van der Waals surface area contributed by atoms with Crippen molar-refractivity contribution in [2.24, 2.45) is 0 Å². The van der Waals surface area contributed by atoms with E-state index in [1.807, 2.05) is 6.92 Å². The number of benzene rings is 1. The molecular formula is C15H18ClNO3. The summed E-state index contributed by atoms with van der Waals surface area (Å²) >= 11 is 5.93. The van der Waals surface area contributed by atoms with Crippen LogP contribution >= 0.6 is 11.6 Å². The molecule has 0 spiro atoms. The lowest BCUT2D eigenvalue weighted by atomic mass is 9.81. The summed E-state index contributed by atoms with van der Waals surface area (Å²) < 4.78 is 0. The zero-order chi connectivity index (χ0) is 14.8. The Labute approximate surface area is 123 Å². The number of carbonyl (C=O) groups excluding carboxylic acids is 1. The van der Waals surface area contributed by atoms with Crippen molar-refractivity contribution in [2.75, 3.05) is 0 Å². The number of rotatable bonds is 3. The van der Waals surface area contributed by atoms with Gasteiger partial charge in [0.2, 0.25) is 0 Å². The third-order valence-corrected chi connectivity index (χ3v) is 4.31. The highest BCUT2D eigenvalue weighted by atomic mass is 35.5. The monoisotopic (exact) mass is 295 g/mol. The van der Waals surface area contributed by atoms with Crippen molar-refractivity contribution in [2.45, 2.75) is 44.6 Å². The van der Waals surface area contributed by atoms with E-state index in [0.717, 1.165) is 24.8 Å². The topological polar surface area (TPSA) is 66.4 Å². The summed E-state index contributed by atoms with van der Waals surface area (Å²) in [5.74, 6) is -1.30. The largest absolute Gasteiger partial charge is 0.480 e. The third-order valence-electron chi connectivity index (χ3n) is 3.89. The Bertz CT molecular complexity index is 536. The van der Waals surface area contributed by atoms with E-state index in [2.05, 4.69) is 5.32 Å². The number of aliphatic carboxylic acids is 1. The predicted octanol–water partition coefficient (Wildman–Crippen LogP) is 3.17. The maximum atomic E-state index is 12.3. The molecule has 0 heterocycles. The SMILES string of the molecule is Cc1cc(C(=O)NC2(C(=O)O)CCCCC2)ccc1Cl. The van der Waals surface area contributed by atoms with Gasteiger partial charge in [0.25, 0.3) is 5.91 Å². The van der Waals surface area contributed by atoms with E-state index in [-0.39, 0.29) is 5.91 Å². The van der Waals surface area contributed by atoms with Crippen molar-refractivity contribution in [3.05, 3.63) is 34.3 Å². The van der Waals surface area contributed by atoms with Crippen LogP contribution < -0.4 is 5.32 Å². The maximum Gasteiger partial charge on any atom is 0.329 e. The van der Waals surface area contributed by atoms with Crippen LogP contribution in [0.4, 0.5) is 0 Å². The van der Waals surface area contributed by atoms with E-state index in [4.69, 9.17) is 11.6 Å². The molecule has 2 rings (SSSR count). The molecule has 1 aliphatic carbocycles. The van der Waals surface area contributed by atoms with Gasteiger partial charge < -0.3 is 10.4 Å². The summed E-state index contributed by atoms with van der Waals surface area (Å²) in [5.41, 5.74) is 0.119. The highest BCUT2D eigenvalue weighted by molar-refractivity contribution is 6.31. The van der Waals surface area contributed by atoms with Crippen molar-refractivity contribution >= 4 is 23.5 Å². The van der Waals surface area contributed by atoms with Gasteiger partial charge in [-0.25, -0.2) is 4.79 Å². The van der Waals surface area contributed by atoms with Gasteiger partial charge in [-0.15, -0.1) is 0 Å². The Hall–Kier alpha value is -1.55. The maximum absolute atomic E-state index is 12.3. The number of hydrogen-bond donors (Lipinski definition) is 2. The lowest BCUT2D eigenvalue weighted by Crippen LogP contribution is -2.55. The third kappa shape index (κ3) is 2.96. The Morgan fingerprint density at radius 1 is 1.25 bits per heavy atom. The van der Waals surface area contributed by atoms with Crippen molar-refractivity contribution in [3.8, 4) is 0 Å². The number of amides is 1. The Morgan fingerprint density at radius 3 is 2.45 bits per heavy atom. The van der Waals surface area contributed by atoms with Crippen LogP contribution in [0.5, 0.6) is 0 Å². The van der Waals surface area contributed by atoms with E-state index >= 15 is 0 Å². The lowest BCUT2D eigenvalue weighted by Gasteiger charge is -2.34. The standard InChI is InChI=1S/C15H18ClNO3/c1-10-9-11(5-6-12(10)16)13(18)17-15(14(19)20)7-3-2-4-8-15/h5-6,9H,2-4,7-8H2,1H3,(H,17,18)(H,19,20). The molecule has 0 aliphatic heterocycles. The molecule has 0 saturated heterocycles. The molecule has 1 aromatic carbocycles. The Morgan fingerprint density at radius 2 is 1.90 bits per heavy atom. The van der Waals surface area contributed by atoms with Gasteiger partial charge in [0.1, 0.15) is 5.54 Å². The molecule has 5 heteroatoms. The molecule has 0 aromatic heterocycles. The van der Waals surface area contributed by atoms with Crippen molar-refractivity contribution in [1.82, 2.24) is 5.32 Å². The number of halogens is 1. The molecule has 1 aromatic rings. The van der Waals surface area contributed by atoms with Gasteiger partial charge in [-0.2, -0.15) is 0 Å². The van der Waals surface area contributed by atoms with Crippen LogP contribution in [0.2, 0.25) is 5.02 Å². The number of carboxylic acids is 1. The summed E-state index contributed by atoms with van der Waals surface area (Å²) in [4.78, 5) is 23.8. The van der Waals surface area contributed by atoms with Crippen LogP contribution in [0.15, 0.2) is 18.2 Å². The van der Waals surface area contributed by atoms with Crippen molar-refractivity contribution in [3.63, 3.8) is 0 Å². The second-order valence-electron chi connectivity index (χ2n) is 5.37. The second-order valence-corrected chi connectivity index (χ2v) is 5.77. The lowest BCUT2D eigenvalue weighted by molar-refractivity contribution is -0.145. The molecule has 0 radical (unpaired) electrons. The van der Waals surface area contributed by atoms with Crippen LogP contribution in [0, 0.1) is 6.92 Å². The molecule has 108 valence electrons. The van der Waals surface area contributed by atoms with E-state index in [0.29, 0.717) is 23.4 Å². The normalized spacial score (nSPS) is 17.5. The fourth-order valence-corrected chi connectivity index (χ4v) is 2.74. The van der Waals surface area contributed by atoms with E-state index < -0.39 is 11.5 Å². The molecular weight excluding hydrogens is 278 g/mol. The fourth-order valence-electron chi connectivity index (χ4n) is 2.62. The summed E-state index contributed by atoms with van der Waals surface area (Å²) in [5, 5.41) is 12.8. The first-order valence-electron chi connectivity index (χ1n) is 6.77. The first-order valence-corrected chi connectivity index (χ1v) is 7.14. The van der Waals surface area contributed by atoms with Gasteiger partial charge in [0.15, 0.2) is 0 Å². The molecule has 1 saturated carbocycles. The average molecular weight is 296 g/mol. The highest BCUT2D eigenvalue weighted by Crippen LogP contribution is 2.29. The van der Waals surface area contributed by atoms with Crippen LogP contribution in [-0.2, 0) is 4.79 Å². The minimum absolute atomic E-state index is 0.353. The first-order chi connectivity index (χ1) is 9.44. The van der Waals surface area contributed by atoms with Gasteiger partial charge in [-0.3, -0.25) is 4.79 Å².